The van der Waals surface area contributed by atoms with E-state index in [-0.39, 0.29) is 17.1 Å². The number of benzene rings is 2. The number of likely N-dealkylation sites (tertiary alicyclic amines) is 1. The highest BCUT2D eigenvalue weighted by molar-refractivity contribution is 7.85. The molecule has 1 amide bonds. The van der Waals surface area contributed by atoms with Crippen molar-refractivity contribution in [3.63, 3.8) is 0 Å². The fourth-order valence-electron chi connectivity index (χ4n) is 4.40. The van der Waals surface area contributed by atoms with Crippen molar-refractivity contribution in [3.8, 4) is 17.2 Å². The van der Waals surface area contributed by atoms with Gasteiger partial charge in [0.25, 0.3) is 16.0 Å². The van der Waals surface area contributed by atoms with Crippen LogP contribution in [-0.4, -0.2) is 63.9 Å². The lowest BCUT2D eigenvalue weighted by Crippen LogP contribution is -2.35. The average Bonchev–Trinajstić information content (AvgIpc) is 3.22. The van der Waals surface area contributed by atoms with Gasteiger partial charge >= 0.3 is 0 Å². The van der Waals surface area contributed by atoms with E-state index in [1.807, 2.05) is 30.3 Å². The SMILES string of the molecule is COc1cc(C(=O)N2CCC(CCCS(=O)(=O)O)(c3ccccc3)C2)cc(OC)c1OC. The number of hydrogen-bond acceptors (Lipinski definition) is 6. The maximum absolute atomic E-state index is 13.4. The first-order valence-electron chi connectivity index (χ1n) is 10.3. The fraction of sp³-hybridized carbons (Fsp3) is 0.435. The second-order valence-corrected chi connectivity index (χ2v) is 9.50. The number of carbonyl (C=O) groups excluding carboxylic acids is 1. The quantitative estimate of drug-likeness (QED) is 0.570. The summed E-state index contributed by atoms with van der Waals surface area (Å²) in [5.41, 5.74) is 1.08. The maximum atomic E-state index is 13.4. The molecule has 8 nitrogen and oxygen atoms in total. The first kappa shape index (κ1) is 23.9. The van der Waals surface area contributed by atoms with E-state index in [4.69, 9.17) is 18.8 Å². The molecular formula is C23H29NO7S. The van der Waals surface area contributed by atoms with Crippen LogP contribution >= 0.6 is 0 Å². The Labute approximate surface area is 188 Å². The van der Waals surface area contributed by atoms with Gasteiger partial charge < -0.3 is 19.1 Å². The second kappa shape index (κ2) is 9.79. The molecule has 2 aromatic rings. The number of methoxy groups -OCH3 is 3. The Morgan fingerprint density at radius 3 is 2.22 bits per heavy atom. The van der Waals surface area contributed by atoms with Crippen LogP contribution in [0.15, 0.2) is 42.5 Å². The molecule has 1 N–H and O–H groups in total. The molecule has 0 aromatic heterocycles. The Hall–Kier alpha value is -2.78. The molecule has 1 saturated heterocycles. The van der Waals surface area contributed by atoms with Crippen LogP contribution in [0.25, 0.3) is 0 Å². The molecule has 9 heteroatoms. The van der Waals surface area contributed by atoms with E-state index < -0.39 is 10.1 Å². The minimum atomic E-state index is -4.04. The summed E-state index contributed by atoms with van der Waals surface area (Å²) in [5.74, 6) is 0.741. The summed E-state index contributed by atoms with van der Waals surface area (Å²) in [4.78, 5) is 15.1. The van der Waals surface area contributed by atoms with Crippen molar-refractivity contribution in [2.24, 2.45) is 0 Å². The standard InChI is InChI=1S/C23H29NO7S/c1-29-19-14-17(15-20(30-2)21(19)31-3)22(25)24-12-11-23(16-24,10-7-13-32(26,27)28)18-8-5-4-6-9-18/h4-6,8-9,14-15H,7,10-13,16H2,1-3H3,(H,26,27,28). The smallest absolute Gasteiger partial charge is 0.264 e. The minimum absolute atomic E-state index is 0.170. The number of carbonyl (C=O) groups is 1. The lowest BCUT2D eigenvalue weighted by atomic mass is 9.76. The van der Waals surface area contributed by atoms with Gasteiger partial charge in [-0.05, 0) is 37.0 Å². The van der Waals surface area contributed by atoms with Gasteiger partial charge in [-0.25, -0.2) is 0 Å². The van der Waals surface area contributed by atoms with Crippen molar-refractivity contribution in [3.05, 3.63) is 53.6 Å². The lowest BCUT2D eigenvalue weighted by Gasteiger charge is -2.30. The number of nitrogens with zero attached hydrogens (tertiary/aromatic N) is 1. The molecule has 0 saturated carbocycles. The Morgan fingerprint density at radius 1 is 1.06 bits per heavy atom. The molecule has 1 unspecified atom stereocenters. The van der Waals surface area contributed by atoms with E-state index in [1.165, 1.54) is 21.3 Å². The van der Waals surface area contributed by atoms with Crippen LogP contribution in [0.3, 0.4) is 0 Å². The van der Waals surface area contributed by atoms with E-state index in [1.54, 1.807) is 17.0 Å². The molecule has 0 spiro atoms. The molecule has 3 rings (SSSR count). The van der Waals surface area contributed by atoms with E-state index in [0.29, 0.717) is 55.2 Å². The first-order valence-corrected chi connectivity index (χ1v) is 11.9. The molecule has 1 fully saturated rings. The molecule has 0 bridgehead atoms. The monoisotopic (exact) mass is 463 g/mol. The number of hydrogen-bond donors (Lipinski definition) is 1. The summed E-state index contributed by atoms with van der Waals surface area (Å²) in [6.45, 7) is 0.967. The summed E-state index contributed by atoms with van der Waals surface area (Å²) < 4.78 is 47.7. The van der Waals surface area contributed by atoms with Crippen molar-refractivity contribution in [1.82, 2.24) is 4.90 Å². The molecule has 0 aliphatic carbocycles. The molecule has 1 atom stereocenters. The highest BCUT2D eigenvalue weighted by Gasteiger charge is 2.41. The average molecular weight is 464 g/mol. The van der Waals surface area contributed by atoms with Crippen LogP contribution in [0.5, 0.6) is 17.2 Å². The first-order chi connectivity index (χ1) is 15.2. The van der Waals surface area contributed by atoms with E-state index in [9.17, 15) is 13.2 Å². The van der Waals surface area contributed by atoms with Crippen molar-refractivity contribution in [1.29, 1.82) is 0 Å². The number of amides is 1. The third-order valence-corrected chi connectivity index (χ3v) is 6.80. The Bertz CT molecular complexity index is 1030. The highest BCUT2D eigenvalue weighted by Crippen LogP contribution is 2.41. The Balaban J connectivity index is 1.88. The predicted molar refractivity (Wildman–Crippen MR) is 120 cm³/mol. The molecule has 1 heterocycles. The van der Waals surface area contributed by atoms with Gasteiger partial charge in [0.2, 0.25) is 5.75 Å². The van der Waals surface area contributed by atoms with Crippen LogP contribution in [0, 0.1) is 0 Å². The van der Waals surface area contributed by atoms with Gasteiger partial charge in [0.1, 0.15) is 0 Å². The third-order valence-electron chi connectivity index (χ3n) is 6.00. The molecule has 32 heavy (non-hydrogen) atoms. The van der Waals surface area contributed by atoms with Gasteiger partial charge in [-0.2, -0.15) is 8.42 Å². The van der Waals surface area contributed by atoms with Gasteiger partial charge in [0.15, 0.2) is 11.5 Å². The second-order valence-electron chi connectivity index (χ2n) is 7.93. The summed E-state index contributed by atoms with van der Waals surface area (Å²) >= 11 is 0. The van der Waals surface area contributed by atoms with Gasteiger partial charge in [-0.15, -0.1) is 0 Å². The summed E-state index contributed by atoms with van der Waals surface area (Å²) in [6.07, 6.45) is 1.54. The largest absolute Gasteiger partial charge is 0.493 e. The van der Waals surface area contributed by atoms with Crippen LogP contribution < -0.4 is 14.2 Å². The lowest BCUT2D eigenvalue weighted by molar-refractivity contribution is 0.0781. The Kier molecular flexibility index (Phi) is 7.30. The zero-order valence-corrected chi connectivity index (χ0v) is 19.4. The fourth-order valence-corrected chi connectivity index (χ4v) is 4.91. The van der Waals surface area contributed by atoms with Crippen molar-refractivity contribution in [2.75, 3.05) is 40.2 Å². The van der Waals surface area contributed by atoms with Crippen molar-refractivity contribution in [2.45, 2.75) is 24.7 Å². The highest BCUT2D eigenvalue weighted by atomic mass is 32.2. The topological polar surface area (TPSA) is 102 Å². The molecule has 1 aliphatic heterocycles. The molecule has 2 aromatic carbocycles. The van der Waals surface area contributed by atoms with Crippen LogP contribution in [0.1, 0.15) is 35.2 Å². The molecule has 0 radical (unpaired) electrons. The molecule has 174 valence electrons. The summed E-state index contributed by atoms with van der Waals surface area (Å²) in [6, 6.07) is 13.0. The van der Waals surface area contributed by atoms with E-state index in [0.717, 1.165) is 5.56 Å². The number of rotatable bonds is 9. The van der Waals surface area contributed by atoms with Crippen molar-refractivity contribution >= 4 is 16.0 Å². The zero-order chi connectivity index (χ0) is 23.4. The van der Waals surface area contributed by atoms with Gasteiger partial charge in [0.05, 0.1) is 27.1 Å². The van der Waals surface area contributed by atoms with Crippen LogP contribution in [0.4, 0.5) is 0 Å². The molecule has 1 aliphatic rings. The van der Waals surface area contributed by atoms with E-state index in [2.05, 4.69) is 0 Å². The van der Waals surface area contributed by atoms with Crippen molar-refractivity contribution < 1.29 is 32.0 Å². The zero-order valence-electron chi connectivity index (χ0n) is 18.5. The summed E-state index contributed by atoms with van der Waals surface area (Å²) in [5, 5.41) is 0. The maximum Gasteiger partial charge on any atom is 0.264 e. The van der Waals surface area contributed by atoms with Gasteiger partial charge in [-0.1, -0.05) is 30.3 Å². The van der Waals surface area contributed by atoms with Crippen LogP contribution in [-0.2, 0) is 15.5 Å². The Morgan fingerprint density at radius 2 is 1.69 bits per heavy atom. The number of ether oxygens (including phenoxy) is 3. The van der Waals surface area contributed by atoms with Gasteiger partial charge in [-0.3, -0.25) is 9.35 Å². The van der Waals surface area contributed by atoms with E-state index >= 15 is 0 Å². The normalized spacial score (nSPS) is 18.4. The third kappa shape index (κ3) is 5.16. The summed E-state index contributed by atoms with van der Waals surface area (Å²) in [7, 11) is 0.457. The predicted octanol–water partition coefficient (Wildman–Crippen LogP) is 3.16. The van der Waals surface area contributed by atoms with Gasteiger partial charge in [0, 0.05) is 24.1 Å². The minimum Gasteiger partial charge on any atom is -0.493 e. The van der Waals surface area contributed by atoms with Crippen LogP contribution in [0.2, 0.25) is 0 Å². The molecular weight excluding hydrogens is 434 g/mol.